The van der Waals surface area contributed by atoms with E-state index >= 15 is 0 Å². The van der Waals surface area contributed by atoms with Crippen LogP contribution in [0.4, 0.5) is 0 Å². The monoisotopic (exact) mass is 208 g/mol. The van der Waals surface area contributed by atoms with Gasteiger partial charge in [-0.2, -0.15) is 5.10 Å². The Kier molecular flexibility index (Phi) is 1.96. The third-order valence-corrected chi connectivity index (χ3v) is 2.89. The number of fused-ring (bicyclic) bond motifs is 1. The lowest BCUT2D eigenvalue weighted by Gasteiger charge is -2.00. The van der Waals surface area contributed by atoms with Crippen LogP contribution in [0.1, 0.15) is 0 Å². The highest BCUT2D eigenvalue weighted by atomic mass is 32.2. The molecule has 0 fully saturated rings. The Morgan fingerprint density at radius 2 is 1.93 bits per heavy atom. The van der Waals surface area contributed by atoms with Crippen LogP contribution < -0.4 is 0 Å². The van der Waals surface area contributed by atoms with E-state index in [1.54, 1.807) is 24.4 Å². The highest BCUT2D eigenvalue weighted by molar-refractivity contribution is 7.90. The number of aromatic nitrogens is 2. The second-order valence-corrected chi connectivity index (χ2v) is 4.94. The average molecular weight is 208 g/mol. The van der Waals surface area contributed by atoms with Gasteiger partial charge in [0.1, 0.15) is 0 Å². The van der Waals surface area contributed by atoms with Gasteiger partial charge < -0.3 is 0 Å². The van der Waals surface area contributed by atoms with Crippen LogP contribution in [0.15, 0.2) is 35.5 Å². The van der Waals surface area contributed by atoms with E-state index in [-0.39, 0.29) is 5.03 Å². The van der Waals surface area contributed by atoms with Crippen LogP contribution in [-0.2, 0) is 9.84 Å². The van der Waals surface area contributed by atoms with Gasteiger partial charge in [-0.3, -0.25) is 0 Å². The van der Waals surface area contributed by atoms with Crippen molar-refractivity contribution in [1.82, 2.24) is 10.2 Å². The van der Waals surface area contributed by atoms with Crippen molar-refractivity contribution >= 4 is 20.6 Å². The Bertz CT molecular complexity index is 573. The summed E-state index contributed by atoms with van der Waals surface area (Å²) in [5.74, 6) is 0. The van der Waals surface area contributed by atoms with Crippen LogP contribution in [0, 0.1) is 0 Å². The molecule has 4 nitrogen and oxygen atoms in total. The van der Waals surface area contributed by atoms with Gasteiger partial charge in [-0.25, -0.2) is 8.42 Å². The first-order valence-electron chi connectivity index (χ1n) is 3.99. The summed E-state index contributed by atoms with van der Waals surface area (Å²) in [6.07, 6.45) is 2.67. The predicted octanol–water partition coefficient (Wildman–Crippen LogP) is 1.03. The topological polar surface area (TPSA) is 59.9 Å². The molecule has 0 bridgehead atoms. The fourth-order valence-corrected chi connectivity index (χ4v) is 2.06. The maximum absolute atomic E-state index is 11.3. The van der Waals surface area contributed by atoms with E-state index in [0.29, 0.717) is 5.39 Å². The first-order valence-corrected chi connectivity index (χ1v) is 5.88. The van der Waals surface area contributed by atoms with Gasteiger partial charge in [0.25, 0.3) is 0 Å². The molecule has 0 unspecified atom stereocenters. The highest BCUT2D eigenvalue weighted by Crippen LogP contribution is 2.18. The summed E-state index contributed by atoms with van der Waals surface area (Å²) in [6, 6.07) is 7.13. The summed E-state index contributed by atoms with van der Waals surface area (Å²) in [6.45, 7) is 0. The zero-order valence-electron chi connectivity index (χ0n) is 7.51. The molecule has 2 rings (SSSR count). The summed E-state index contributed by atoms with van der Waals surface area (Å²) >= 11 is 0. The molecule has 1 heterocycles. The summed E-state index contributed by atoms with van der Waals surface area (Å²) in [4.78, 5) is 0. The van der Waals surface area contributed by atoms with E-state index in [2.05, 4.69) is 10.2 Å². The van der Waals surface area contributed by atoms with Crippen molar-refractivity contribution in [3.63, 3.8) is 0 Å². The van der Waals surface area contributed by atoms with Crippen molar-refractivity contribution in [3.8, 4) is 0 Å². The number of nitrogens with zero attached hydrogens (tertiary/aromatic N) is 2. The summed E-state index contributed by atoms with van der Waals surface area (Å²) in [7, 11) is -3.30. The lowest BCUT2D eigenvalue weighted by atomic mass is 10.2. The molecule has 1 aromatic carbocycles. The molecule has 0 aliphatic rings. The van der Waals surface area contributed by atoms with Crippen molar-refractivity contribution < 1.29 is 8.42 Å². The highest BCUT2D eigenvalue weighted by Gasteiger charge is 2.13. The van der Waals surface area contributed by atoms with E-state index in [9.17, 15) is 8.42 Å². The molecule has 14 heavy (non-hydrogen) atoms. The number of benzene rings is 1. The molecule has 0 N–H and O–H groups in total. The Morgan fingerprint density at radius 1 is 1.21 bits per heavy atom. The fourth-order valence-electron chi connectivity index (χ4n) is 1.28. The van der Waals surface area contributed by atoms with Crippen LogP contribution in [-0.4, -0.2) is 24.9 Å². The van der Waals surface area contributed by atoms with Crippen LogP contribution >= 0.6 is 0 Å². The van der Waals surface area contributed by atoms with Gasteiger partial charge in [-0.1, -0.05) is 24.3 Å². The van der Waals surface area contributed by atoms with Gasteiger partial charge >= 0.3 is 0 Å². The molecule has 1 aromatic heterocycles. The Hall–Kier alpha value is -1.49. The number of hydrogen-bond acceptors (Lipinski definition) is 4. The first kappa shape index (κ1) is 9.08. The molecule has 0 spiro atoms. The Labute approximate surface area is 81.5 Å². The molecule has 5 heteroatoms. The molecule has 0 radical (unpaired) electrons. The van der Waals surface area contributed by atoms with Crippen molar-refractivity contribution in [2.45, 2.75) is 5.03 Å². The molecule has 0 saturated carbocycles. The Morgan fingerprint density at radius 3 is 2.64 bits per heavy atom. The van der Waals surface area contributed by atoms with Crippen LogP contribution in [0.25, 0.3) is 10.8 Å². The normalized spacial score (nSPS) is 11.8. The Balaban J connectivity index is 2.92. The molecular weight excluding hydrogens is 200 g/mol. The van der Waals surface area contributed by atoms with Gasteiger partial charge in [-0.05, 0) is 0 Å². The van der Waals surface area contributed by atoms with Crippen LogP contribution in [0.2, 0.25) is 0 Å². The van der Waals surface area contributed by atoms with E-state index in [1.165, 1.54) is 0 Å². The minimum Gasteiger partial charge on any atom is -0.222 e. The third-order valence-electron chi connectivity index (χ3n) is 1.89. The zero-order chi connectivity index (χ0) is 10.2. The van der Waals surface area contributed by atoms with Crippen molar-refractivity contribution in [2.75, 3.05) is 6.26 Å². The second-order valence-electron chi connectivity index (χ2n) is 3.01. The van der Waals surface area contributed by atoms with Crippen molar-refractivity contribution in [2.24, 2.45) is 0 Å². The standard InChI is InChI=1S/C9H8N2O2S/c1-14(12,13)9-8-5-3-2-4-7(8)6-10-11-9/h2-6H,1H3. The molecule has 2 aromatic rings. The minimum atomic E-state index is -3.30. The van der Waals surface area contributed by atoms with Crippen molar-refractivity contribution in [3.05, 3.63) is 30.5 Å². The summed E-state index contributed by atoms with van der Waals surface area (Å²) < 4.78 is 22.7. The molecular formula is C9H8N2O2S. The van der Waals surface area contributed by atoms with Gasteiger partial charge in [0, 0.05) is 17.0 Å². The third kappa shape index (κ3) is 1.46. The van der Waals surface area contributed by atoms with E-state index in [4.69, 9.17) is 0 Å². The maximum Gasteiger partial charge on any atom is 0.195 e. The SMILES string of the molecule is CS(=O)(=O)c1nncc2ccccc12. The van der Waals surface area contributed by atoms with Gasteiger partial charge in [0.2, 0.25) is 0 Å². The van der Waals surface area contributed by atoms with Crippen LogP contribution in [0.5, 0.6) is 0 Å². The quantitative estimate of drug-likeness (QED) is 0.702. The fraction of sp³-hybridized carbons (Fsp3) is 0.111. The summed E-state index contributed by atoms with van der Waals surface area (Å²) in [5.41, 5.74) is 0. The number of sulfone groups is 1. The van der Waals surface area contributed by atoms with Gasteiger partial charge in [-0.15, -0.1) is 5.10 Å². The smallest absolute Gasteiger partial charge is 0.195 e. The van der Waals surface area contributed by atoms with E-state index in [1.807, 2.05) is 6.07 Å². The molecule has 0 amide bonds. The molecule has 0 aliphatic carbocycles. The largest absolute Gasteiger partial charge is 0.222 e. The van der Waals surface area contributed by atoms with Crippen LogP contribution in [0.3, 0.4) is 0 Å². The average Bonchev–Trinajstić information content (AvgIpc) is 2.15. The van der Waals surface area contributed by atoms with Crippen molar-refractivity contribution in [1.29, 1.82) is 0 Å². The molecule has 0 saturated heterocycles. The molecule has 72 valence electrons. The van der Waals surface area contributed by atoms with E-state index < -0.39 is 9.84 Å². The molecule has 0 aliphatic heterocycles. The minimum absolute atomic E-state index is 0.0376. The second kappa shape index (κ2) is 3.02. The maximum atomic E-state index is 11.3. The summed E-state index contributed by atoms with van der Waals surface area (Å²) in [5, 5.41) is 8.72. The predicted molar refractivity (Wildman–Crippen MR) is 52.6 cm³/mol. The lowest BCUT2D eigenvalue weighted by Crippen LogP contribution is -2.02. The zero-order valence-corrected chi connectivity index (χ0v) is 8.32. The lowest BCUT2D eigenvalue weighted by molar-refractivity contribution is 0.597. The first-order chi connectivity index (χ1) is 6.59. The number of rotatable bonds is 1. The van der Waals surface area contributed by atoms with E-state index in [0.717, 1.165) is 11.6 Å². The van der Waals surface area contributed by atoms with Gasteiger partial charge in [0.05, 0.1) is 6.20 Å². The number of hydrogen-bond donors (Lipinski definition) is 0. The van der Waals surface area contributed by atoms with Gasteiger partial charge in [0.15, 0.2) is 14.9 Å². The molecule has 0 atom stereocenters.